The van der Waals surface area contributed by atoms with Crippen LogP contribution in [0.25, 0.3) is 0 Å². The third-order valence-corrected chi connectivity index (χ3v) is 5.99. The van der Waals surface area contributed by atoms with Crippen molar-refractivity contribution in [2.45, 2.75) is 29.6 Å². The fourth-order valence-electron chi connectivity index (χ4n) is 2.41. The van der Waals surface area contributed by atoms with E-state index < -0.39 is 26.1 Å². The van der Waals surface area contributed by atoms with Gasteiger partial charge in [0.05, 0.1) is 21.2 Å². The van der Waals surface area contributed by atoms with Crippen molar-refractivity contribution in [2.24, 2.45) is 0 Å². The molecule has 0 aromatic heterocycles. The summed E-state index contributed by atoms with van der Waals surface area (Å²) in [5.74, 6) is 0. The third kappa shape index (κ3) is 3.57. The van der Waals surface area contributed by atoms with Crippen LogP contribution in [0.15, 0.2) is 59.5 Å². The fraction of sp³-hybridized carbons (Fsp3) is 0.250. The van der Waals surface area contributed by atoms with Crippen LogP contribution in [-0.4, -0.2) is 23.7 Å². The van der Waals surface area contributed by atoms with Gasteiger partial charge in [0.2, 0.25) is 0 Å². The van der Waals surface area contributed by atoms with Crippen LogP contribution in [0.3, 0.4) is 0 Å². The van der Waals surface area contributed by atoms with Crippen LogP contribution in [0.4, 0.5) is 5.69 Å². The molecule has 0 aliphatic heterocycles. The molecule has 23 heavy (non-hydrogen) atoms. The Kier molecular flexibility index (Phi) is 5.12. The van der Waals surface area contributed by atoms with Gasteiger partial charge in [-0.05, 0) is 36.2 Å². The molecule has 0 radical (unpaired) electrons. The number of non-ortho nitro benzene ring substituents is 1. The topological polar surface area (TPSA) is 97.5 Å². The summed E-state index contributed by atoms with van der Waals surface area (Å²) in [4.78, 5) is 10.3. The lowest BCUT2D eigenvalue weighted by molar-refractivity contribution is -0.384. The number of sulfone groups is 1. The maximum atomic E-state index is 12.7. The highest BCUT2D eigenvalue weighted by molar-refractivity contribution is 7.92. The van der Waals surface area contributed by atoms with Crippen molar-refractivity contribution in [3.8, 4) is 0 Å². The van der Waals surface area contributed by atoms with Crippen LogP contribution in [0.5, 0.6) is 0 Å². The summed E-state index contributed by atoms with van der Waals surface area (Å²) in [5.41, 5.74) is 0.224. The molecule has 1 N–H and O–H groups in total. The zero-order valence-electron chi connectivity index (χ0n) is 12.5. The van der Waals surface area contributed by atoms with E-state index in [9.17, 15) is 23.6 Å². The second kappa shape index (κ2) is 6.89. The number of hydrogen-bond donors (Lipinski definition) is 1. The van der Waals surface area contributed by atoms with Crippen LogP contribution in [0, 0.1) is 10.1 Å². The highest BCUT2D eigenvalue weighted by Crippen LogP contribution is 2.30. The van der Waals surface area contributed by atoms with E-state index in [1.54, 1.807) is 25.1 Å². The third-order valence-electron chi connectivity index (χ3n) is 3.67. The second-order valence-electron chi connectivity index (χ2n) is 5.10. The molecule has 2 aromatic carbocycles. The molecule has 2 aromatic rings. The fourth-order valence-corrected chi connectivity index (χ4v) is 4.23. The molecule has 0 saturated heterocycles. The van der Waals surface area contributed by atoms with Crippen LogP contribution in [0.1, 0.15) is 25.0 Å². The first kappa shape index (κ1) is 17.1. The lowest BCUT2D eigenvalue weighted by Gasteiger charge is -2.22. The molecule has 0 saturated carbocycles. The number of nitro groups is 1. The monoisotopic (exact) mass is 335 g/mol. The van der Waals surface area contributed by atoms with Crippen molar-refractivity contribution < 1.29 is 18.4 Å². The Labute approximate surface area is 134 Å². The normalized spacial score (nSPS) is 14.2. The van der Waals surface area contributed by atoms with Gasteiger partial charge in [-0.2, -0.15) is 0 Å². The molecule has 0 aliphatic rings. The predicted molar refractivity (Wildman–Crippen MR) is 85.8 cm³/mol. The van der Waals surface area contributed by atoms with E-state index in [-0.39, 0.29) is 17.0 Å². The van der Waals surface area contributed by atoms with Crippen molar-refractivity contribution in [1.29, 1.82) is 0 Å². The molecule has 0 bridgehead atoms. The molecule has 0 amide bonds. The van der Waals surface area contributed by atoms with Crippen molar-refractivity contribution in [3.63, 3.8) is 0 Å². The molecular formula is C16H17NO5S. The number of aliphatic hydroxyl groups is 1. The van der Waals surface area contributed by atoms with Gasteiger partial charge in [0.25, 0.3) is 5.69 Å². The minimum atomic E-state index is -3.71. The first-order chi connectivity index (χ1) is 10.9. The van der Waals surface area contributed by atoms with E-state index in [1.807, 2.05) is 0 Å². The van der Waals surface area contributed by atoms with Crippen molar-refractivity contribution in [2.75, 3.05) is 0 Å². The van der Waals surface area contributed by atoms with Gasteiger partial charge in [0.15, 0.2) is 9.84 Å². The molecule has 122 valence electrons. The highest BCUT2D eigenvalue weighted by atomic mass is 32.2. The molecule has 2 rings (SSSR count). The van der Waals surface area contributed by atoms with Crippen LogP contribution in [0.2, 0.25) is 0 Å². The van der Waals surface area contributed by atoms with Gasteiger partial charge in [-0.25, -0.2) is 8.42 Å². The number of aliphatic hydroxyl groups excluding tert-OH is 1. The quantitative estimate of drug-likeness (QED) is 0.646. The molecule has 6 nitrogen and oxygen atoms in total. The Hall–Kier alpha value is -2.25. The summed E-state index contributed by atoms with van der Waals surface area (Å²) < 4.78 is 25.4. The zero-order chi connectivity index (χ0) is 17.0. The van der Waals surface area contributed by atoms with E-state index >= 15 is 0 Å². The largest absolute Gasteiger partial charge is 0.387 e. The Morgan fingerprint density at radius 3 is 2.13 bits per heavy atom. The predicted octanol–water partition coefficient (Wildman–Crippen LogP) is 2.88. The highest BCUT2D eigenvalue weighted by Gasteiger charge is 2.33. The molecule has 0 unspecified atom stereocenters. The molecule has 0 heterocycles. The Balaban J connectivity index is 2.35. The van der Waals surface area contributed by atoms with Crippen LogP contribution >= 0.6 is 0 Å². The van der Waals surface area contributed by atoms with Gasteiger partial charge in [0.1, 0.15) is 0 Å². The summed E-state index contributed by atoms with van der Waals surface area (Å²) in [5, 5.41) is 20.1. The number of benzene rings is 2. The van der Waals surface area contributed by atoms with Crippen LogP contribution in [-0.2, 0) is 9.84 Å². The van der Waals surface area contributed by atoms with Crippen molar-refractivity contribution >= 4 is 15.5 Å². The standard InChI is InChI=1S/C16H17NO5S/c1-2-15(23(21,22)14-6-4-3-5-7-14)16(18)12-8-10-13(11-9-12)17(19)20/h3-11,15-16,18H,2H2,1H3/t15-,16-/m0/s1. The van der Waals surface area contributed by atoms with Gasteiger partial charge in [0, 0.05) is 12.1 Å². The maximum Gasteiger partial charge on any atom is 0.269 e. The van der Waals surface area contributed by atoms with E-state index in [1.165, 1.54) is 36.4 Å². The lowest BCUT2D eigenvalue weighted by atomic mass is 10.0. The summed E-state index contributed by atoms with van der Waals surface area (Å²) in [6.45, 7) is 1.68. The molecular weight excluding hydrogens is 318 g/mol. The summed E-state index contributed by atoms with van der Waals surface area (Å²) >= 11 is 0. The first-order valence-corrected chi connectivity index (χ1v) is 8.64. The Morgan fingerprint density at radius 1 is 1.09 bits per heavy atom. The average Bonchev–Trinajstić information content (AvgIpc) is 2.56. The first-order valence-electron chi connectivity index (χ1n) is 7.09. The number of nitrogens with zero attached hydrogens (tertiary/aromatic N) is 1. The van der Waals surface area contributed by atoms with Gasteiger partial charge in [-0.3, -0.25) is 10.1 Å². The Morgan fingerprint density at radius 2 is 1.65 bits per heavy atom. The van der Waals surface area contributed by atoms with Crippen LogP contribution < -0.4 is 0 Å². The molecule has 0 spiro atoms. The van der Waals surface area contributed by atoms with Crippen molar-refractivity contribution in [3.05, 3.63) is 70.3 Å². The zero-order valence-corrected chi connectivity index (χ0v) is 13.3. The van der Waals surface area contributed by atoms with E-state index in [2.05, 4.69) is 0 Å². The second-order valence-corrected chi connectivity index (χ2v) is 7.27. The van der Waals surface area contributed by atoms with Gasteiger partial charge < -0.3 is 5.11 Å². The molecule has 0 fully saturated rings. The minimum Gasteiger partial charge on any atom is -0.387 e. The molecule has 7 heteroatoms. The van der Waals surface area contributed by atoms with E-state index in [4.69, 9.17) is 0 Å². The van der Waals surface area contributed by atoms with Crippen molar-refractivity contribution in [1.82, 2.24) is 0 Å². The van der Waals surface area contributed by atoms with Gasteiger partial charge in [-0.1, -0.05) is 25.1 Å². The lowest BCUT2D eigenvalue weighted by Crippen LogP contribution is -2.28. The van der Waals surface area contributed by atoms with E-state index in [0.717, 1.165) is 0 Å². The average molecular weight is 335 g/mol. The molecule has 2 atom stereocenters. The molecule has 0 aliphatic carbocycles. The SMILES string of the molecule is CC[C@@H]([C@@H](O)c1ccc([N+](=O)[O-])cc1)S(=O)(=O)c1ccccc1. The summed E-state index contributed by atoms with van der Waals surface area (Å²) in [7, 11) is -3.71. The van der Waals surface area contributed by atoms with Gasteiger partial charge in [-0.15, -0.1) is 0 Å². The number of nitro benzene ring substituents is 1. The Bertz CT molecular complexity index is 772. The maximum absolute atomic E-state index is 12.7. The number of hydrogen-bond acceptors (Lipinski definition) is 5. The van der Waals surface area contributed by atoms with E-state index in [0.29, 0.717) is 5.56 Å². The van der Waals surface area contributed by atoms with Gasteiger partial charge >= 0.3 is 0 Å². The number of rotatable bonds is 6. The summed E-state index contributed by atoms with van der Waals surface area (Å²) in [6.07, 6.45) is -1.04. The smallest absolute Gasteiger partial charge is 0.269 e. The summed E-state index contributed by atoms with van der Waals surface area (Å²) in [6, 6.07) is 13.2. The minimum absolute atomic E-state index is 0.111.